The fourth-order valence-corrected chi connectivity index (χ4v) is 5.02. The van der Waals surface area contributed by atoms with Crippen LogP contribution in [0.2, 0.25) is 0 Å². The highest BCUT2D eigenvalue weighted by Gasteiger charge is 2.21. The minimum absolute atomic E-state index is 0.0194. The molecule has 1 heterocycles. The molecule has 1 amide bonds. The van der Waals surface area contributed by atoms with E-state index in [1.807, 2.05) is 24.3 Å². The molecule has 0 spiro atoms. The van der Waals surface area contributed by atoms with Crippen LogP contribution in [0, 0.1) is 0 Å². The first-order chi connectivity index (χ1) is 14.4. The second-order valence-corrected chi connectivity index (χ2v) is 9.22. The van der Waals surface area contributed by atoms with Crippen molar-refractivity contribution in [2.45, 2.75) is 30.3 Å². The van der Waals surface area contributed by atoms with E-state index in [1.54, 1.807) is 47.4 Å². The average molecular weight is 425 g/mol. The highest BCUT2D eigenvalue weighted by Crippen LogP contribution is 2.25. The topological polar surface area (TPSA) is 86.7 Å². The number of amides is 1. The maximum Gasteiger partial charge on any atom is 0.262 e. The molecule has 3 aromatic carbocycles. The van der Waals surface area contributed by atoms with E-state index in [0.29, 0.717) is 37.0 Å². The SMILES string of the molecule is O=C(Cc1ccc(NS(=O)(=O)c2cccc3ccccc23)cc1)N1CCC(O)CC1. The summed E-state index contributed by atoms with van der Waals surface area (Å²) in [7, 11) is -3.75. The van der Waals surface area contributed by atoms with Crippen LogP contribution in [0.25, 0.3) is 10.8 Å². The predicted molar refractivity (Wildman–Crippen MR) is 117 cm³/mol. The molecule has 0 unspecified atom stereocenters. The Morgan fingerprint density at radius 1 is 0.967 bits per heavy atom. The van der Waals surface area contributed by atoms with Crippen molar-refractivity contribution in [3.05, 3.63) is 72.3 Å². The van der Waals surface area contributed by atoms with Crippen molar-refractivity contribution < 1.29 is 18.3 Å². The number of anilines is 1. The van der Waals surface area contributed by atoms with Gasteiger partial charge in [-0.25, -0.2) is 8.42 Å². The first kappa shape index (κ1) is 20.4. The lowest BCUT2D eigenvalue weighted by Crippen LogP contribution is -2.40. The molecule has 0 atom stereocenters. The molecule has 3 aromatic rings. The number of piperidine rings is 1. The summed E-state index contributed by atoms with van der Waals surface area (Å²) in [6, 6.07) is 19.4. The largest absolute Gasteiger partial charge is 0.393 e. The molecule has 1 aliphatic rings. The van der Waals surface area contributed by atoms with E-state index < -0.39 is 10.0 Å². The predicted octanol–water partition coefficient (Wildman–Crippen LogP) is 3.17. The van der Waals surface area contributed by atoms with Crippen molar-refractivity contribution in [2.24, 2.45) is 0 Å². The smallest absolute Gasteiger partial charge is 0.262 e. The van der Waals surface area contributed by atoms with Gasteiger partial charge in [-0.05, 0) is 42.0 Å². The van der Waals surface area contributed by atoms with Crippen LogP contribution in [0.4, 0.5) is 5.69 Å². The summed E-state index contributed by atoms with van der Waals surface area (Å²) in [4.78, 5) is 14.4. The summed E-state index contributed by atoms with van der Waals surface area (Å²) in [6.07, 6.45) is 1.16. The van der Waals surface area contributed by atoms with Crippen LogP contribution >= 0.6 is 0 Å². The maximum absolute atomic E-state index is 12.9. The number of hydrogen-bond donors (Lipinski definition) is 2. The first-order valence-corrected chi connectivity index (χ1v) is 11.5. The number of fused-ring (bicyclic) bond motifs is 1. The Morgan fingerprint density at radius 3 is 2.37 bits per heavy atom. The molecule has 0 bridgehead atoms. The summed E-state index contributed by atoms with van der Waals surface area (Å²) < 4.78 is 28.5. The van der Waals surface area contributed by atoms with Crippen molar-refractivity contribution >= 4 is 32.4 Å². The Hall–Kier alpha value is -2.90. The van der Waals surface area contributed by atoms with Crippen molar-refractivity contribution in [3.8, 4) is 0 Å². The zero-order valence-electron chi connectivity index (χ0n) is 16.5. The van der Waals surface area contributed by atoms with Gasteiger partial charge in [0.05, 0.1) is 17.4 Å². The van der Waals surface area contributed by atoms with E-state index in [4.69, 9.17) is 0 Å². The quantitative estimate of drug-likeness (QED) is 0.659. The molecule has 1 fully saturated rings. The van der Waals surface area contributed by atoms with Crippen LogP contribution in [-0.2, 0) is 21.2 Å². The monoisotopic (exact) mass is 424 g/mol. The number of aliphatic hydroxyl groups excluding tert-OH is 1. The maximum atomic E-state index is 12.9. The highest BCUT2D eigenvalue weighted by molar-refractivity contribution is 7.93. The van der Waals surface area contributed by atoms with E-state index in [2.05, 4.69) is 4.72 Å². The van der Waals surface area contributed by atoms with Gasteiger partial charge < -0.3 is 10.0 Å². The zero-order chi connectivity index (χ0) is 21.1. The Morgan fingerprint density at radius 2 is 1.63 bits per heavy atom. The molecule has 0 radical (unpaired) electrons. The van der Waals surface area contributed by atoms with Crippen molar-refractivity contribution in [3.63, 3.8) is 0 Å². The molecule has 7 heteroatoms. The fraction of sp³-hybridized carbons (Fsp3) is 0.261. The number of aliphatic hydroxyl groups is 1. The summed E-state index contributed by atoms with van der Waals surface area (Å²) in [5, 5.41) is 11.1. The molecular formula is C23H24N2O4S. The number of carbonyl (C=O) groups is 1. The van der Waals surface area contributed by atoms with Crippen LogP contribution in [0.3, 0.4) is 0 Å². The molecule has 1 saturated heterocycles. The van der Waals surface area contributed by atoms with Gasteiger partial charge in [0.25, 0.3) is 10.0 Å². The van der Waals surface area contributed by atoms with E-state index in [-0.39, 0.29) is 23.3 Å². The average Bonchev–Trinajstić information content (AvgIpc) is 2.75. The van der Waals surface area contributed by atoms with Gasteiger partial charge in [0, 0.05) is 24.2 Å². The lowest BCUT2D eigenvalue weighted by atomic mass is 10.1. The van der Waals surface area contributed by atoms with E-state index in [9.17, 15) is 18.3 Å². The van der Waals surface area contributed by atoms with Crippen LogP contribution < -0.4 is 4.72 Å². The standard InChI is InChI=1S/C23H24N2O4S/c26-20-12-14-25(15-13-20)23(27)16-17-8-10-19(11-9-17)24-30(28,29)22-7-3-5-18-4-1-2-6-21(18)22/h1-11,20,24,26H,12-16H2. The lowest BCUT2D eigenvalue weighted by molar-refractivity contribution is -0.132. The molecule has 0 aliphatic carbocycles. The normalized spacial score (nSPS) is 15.3. The summed E-state index contributed by atoms with van der Waals surface area (Å²) in [6.45, 7) is 1.14. The van der Waals surface area contributed by atoms with Crippen LogP contribution in [0.5, 0.6) is 0 Å². The summed E-state index contributed by atoms with van der Waals surface area (Å²) in [5.74, 6) is 0.0194. The molecule has 156 valence electrons. The third-order valence-corrected chi connectivity index (χ3v) is 6.86. The summed E-state index contributed by atoms with van der Waals surface area (Å²) >= 11 is 0. The Balaban J connectivity index is 1.46. The van der Waals surface area contributed by atoms with Crippen LogP contribution in [-0.4, -0.2) is 43.5 Å². The number of likely N-dealkylation sites (tertiary alicyclic amines) is 1. The first-order valence-electron chi connectivity index (χ1n) is 9.98. The van der Waals surface area contributed by atoms with Crippen LogP contribution in [0.15, 0.2) is 71.6 Å². The van der Waals surface area contributed by atoms with Gasteiger partial charge in [-0.3, -0.25) is 9.52 Å². The number of hydrogen-bond acceptors (Lipinski definition) is 4. The number of benzene rings is 3. The second kappa shape index (κ2) is 8.45. The number of rotatable bonds is 5. The Kier molecular flexibility index (Phi) is 5.74. The van der Waals surface area contributed by atoms with E-state index >= 15 is 0 Å². The van der Waals surface area contributed by atoms with E-state index in [1.165, 1.54) is 0 Å². The number of carbonyl (C=O) groups excluding carboxylic acids is 1. The lowest BCUT2D eigenvalue weighted by Gasteiger charge is -2.29. The molecule has 1 aliphatic heterocycles. The second-order valence-electron chi connectivity index (χ2n) is 7.57. The molecule has 0 saturated carbocycles. The van der Waals surface area contributed by atoms with Gasteiger partial charge in [0.15, 0.2) is 0 Å². The third kappa shape index (κ3) is 4.47. The van der Waals surface area contributed by atoms with Gasteiger partial charge in [-0.1, -0.05) is 48.5 Å². The van der Waals surface area contributed by atoms with Crippen LogP contribution in [0.1, 0.15) is 18.4 Å². The van der Waals surface area contributed by atoms with Crippen molar-refractivity contribution in [1.29, 1.82) is 0 Å². The van der Waals surface area contributed by atoms with Crippen molar-refractivity contribution in [2.75, 3.05) is 17.8 Å². The molecule has 4 rings (SSSR count). The minimum atomic E-state index is -3.75. The molecule has 2 N–H and O–H groups in total. The highest BCUT2D eigenvalue weighted by atomic mass is 32.2. The summed E-state index contributed by atoms with van der Waals surface area (Å²) in [5.41, 5.74) is 1.26. The molecule has 0 aromatic heterocycles. The Labute approximate surface area is 176 Å². The van der Waals surface area contributed by atoms with Crippen molar-refractivity contribution in [1.82, 2.24) is 4.90 Å². The fourth-order valence-electron chi connectivity index (χ4n) is 3.73. The molecule has 30 heavy (non-hydrogen) atoms. The third-order valence-electron chi connectivity index (χ3n) is 5.42. The van der Waals surface area contributed by atoms with Gasteiger partial charge in [0.2, 0.25) is 5.91 Å². The minimum Gasteiger partial charge on any atom is -0.393 e. The number of sulfonamides is 1. The van der Waals surface area contributed by atoms with Gasteiger partial charge >= 0.3 is 0 Å². The number of nitrogens with zero attached hydrogens (tertiary/aromatic N) is 1. The molecular weight excluding hydrogens is 400 g/mol. The number of nitrogens with one attached hydrogen (secondary N) is 1. The Bertz CT molecular complexity index is 1150. The molecule has 6 nitrogen and oxygen atoms in total. The van der Waals surface area contributed by atoms with Gasteiger partial charge in [0.1, 0.15) is 0 Å². The van der Waals surface area contributed by atoms with Gasteiger partial charge in [-0.15, -0.1) is 0 Å². The van der Waals surface area contributed by atoms with Gasteiger partial charge in [-0.2, -0.15) is 0 Å². The zero-order valence-corrected chi connectivity index (χ0v) is 17.3. The van der Waals surface area contributed by atoms with E-state index in [0.717, 1.165) is 10.9 Å².